The van der Waals surface area contributed by atoms with Crippen LogP contribution < -0.4 is 10.1 Å². The van der Waals surface area contributed by atoms with Crippen LogP contribution in [0.3, 0.4) is 0 Å². The smallest absolute Gasteiger partial charge is 0.331 e. The molecule has 8 nitrogen and oxygen atoms in total. The van der Waals surface area contributed by atoms with Crippen LogP contribution in [0.2, 0.25) is 5.02 Å². The number of quaternary nitrogens is 1. The SMILES string of the molecule is [C-]#[N+]c1ncc(Nc2cc3cccc(Cl)c3cn2)nc1O[C@H](C)C[N+](C)(C)[O-]. The van der Waals surface area contributed by atoms with Crippen LogP contribution in [-0.4, -0.2) is 46.3 Å². The molecule has 0 saturated heterocycles. The molecule has 1 N–H and O–H groups in total. The van der Waals surface area contributed by atoms with Crippen LogP contribution >= 0.6 is 11.6 Å². The van der Waals surface area contributed by atoms with Crippen molar-refractivity contribution in [3.05, 3.63) is 58.3 Å². The van der Waals surface area contributed by atoms with Gasteiger partial charge in [-0.25, -0.2) is 9.97 Å². The highest BCUT2D eigenvalue weighted by molar-refractivity contribution is 6.35. The average Bonchev–Trinajstić information content (AvgIpc) is 2.60. The number of likely N-dealkylation sites (N-methyl/N-ethyl adjacent to an activating group) is 1. The van der Waals surface area contributed by atoms with Crippen molar-refractivity contribution in [3.8, 4) is 5.88 Å². The van der Waals surface area contributed by atoms with Gasteiger partial charge in [-0.05, 0) is 24.4 Å². The summed E-state index contributed by atoms with van der Waals surface area (Å²) in [5.41, 5.74) is 0. The molecule has 0 saturated carbocycles. The third kappa shape index (κ3) is 4.84. The van der Waals surface area contributed by atoms with Gasteiger partial charge in [0.2, 0.25) is 5.88 Å². The lowest BCUT2D eigenvalue weighted by Gasteiger charge is -2.35. The van der Waals surface area contributed by atoms with Crippen molar-refractivity contribution in [1.82, 2.24) is 15.0 Å². The van der Waals surface area contributed by atoms with E-state index in [4.69, 9.17) is 22.9 Å². The lowest BCUT2D eigenvalue weighted by molar-refractivity contribution is -0.842. The molecule has 0 amide bonds. The maximum atomic E-state index is 11.8. The highest BCUT2D eigenvalue weighted by Gasteiger charge is 2.17. The van der Waals surface area contributed by atoms with Crippen LogP contribution in [-0.2, 0) is 0 Å². The zero-order chi connectivity index (χ0) is 20.3. The van der Waals surface area contributed by atoms with Gasteiger partial charge in [0.25, 0.3) is 0 Å². The van der Waals surface area contributed by atoms with Crippen molar-refractivity contribution in [2.45, 2.75) is 13.0 Å². The first-order valence-electron chi connectivity index (χ1n) is 8.51. The van der Waals surface area contributed by atoms with Gasteiger partial charge >= 0.3 is 5.82 Å². The van der Waals surface area contributed by atoms with Gasteiger partial charge in [0.05, 0.1) is 14.1 Å². The summed E-state index contributed by atoms with van der Waals surface area (Å²) in [6.45, 7) is 9.21. The number of nitrogens with one attached hydrogen (secondary N) is 1. The highest BCUT2D eigenvalue weighted by Crippen LogP contribution is 2.28. The molecule has 1 atom stereocenters. The van der Waals surface area contributed by atoms with E-state index >= 15 is 0 Å². The molecule has 0 aliphatic carbocycles. The molecule has 0 unspecified atom stereocenters. The Hall–Kier alpha value is -2.99. The van der Waals surface area contributed by atoms with Gasteiger partial charge in [0.1, 0.15) is 18.5 Å². The van der Waals surface area contributed by atoms with Crippen molar-refractivity contribution in [2.75, 3.05) is 26.0 Å². The van der Waals surface area contributed by atoms with Gasteiger partial charge in [-0.3, -0.25) is 0 Å². The standard InChI is InChI=1S/C19H19ClN6O2/c1-12(11-26(3,4)27)28-19-18(21-2)23-10-17(25-19)24-16-8-13-6-5-7-15(20)14(13)9-22-16/h5-10,12H,11H2,1,3-4H3,(H,22,24,25)/t12-/m1/s1. The van der Waals surface area contributed by atoms with E-state index in [-0.39, 0.29) is 18.2 Å². The molecule has 0 radical (unpaired) electrons. The Bertz CT molecular complexity index is 1040. The Balaban J connectivity index is 1.84. The molecular weight excluding hydrogens is 380 g/mol. The molecule has 28 heavy (non-hydrogen) atoms. The lowest BCUT2D eigenvalue weighted by atomic mass is 10.2. The zero-order valence-electron chi connectivity index (χ0n) is 15.7. The van der Waals surface area contributed by atoms with Crippen molar-refractivity contribution >= 4 is 39.8 Å². The third-order valence-electron chi connectivity index (χ3n) is 3.81. The van der Waals surface area contributed by atoms with Gasteiger partial charge in [-0.15, -0.1) is 4.98 Å². The number of ether oxygens (including phenoxy) is 1. The van der Waals surface area contributed by atoms with Gasteiger partial charge in [-0.2, -0.15) is 0 Å². The van der Waals surface area contributed by atoms with Crippen molar-refractivity contribution in [1.29, 1.82) is 0 Å². The first-order chi connectivity index (χ1) is 13.2. The van der Waals surface area contributed by atoms with E-state index in [2.05, 4.69) is 25.1 Å². The predicted molar refractivity (Wildman–Crippen MR) is 109 cm³/mol. The van der Waals surface area contributed by atoms with Crippen molar-refractivity contribution in [2.24, 2.45) is 0 Å². The molecule has 0 fully saturated rings. The number of benzene rings is 1. The fraction of sp³-hybridized carbons (Fsp3) is 0.263. The molecular formula is C19H19ClN6O2. The summed E-state index contributed by atoms with van der Waals surface area (Å²) in [4.78, 5) is 16.1. The van der Waals surface area contributed by atoms with Gasteiger partial charge in [-0.1, -0.05) is 30.3 Å². The van der Waals surface area contributed by atoms with Gasteiger partial charge in [0.15, 0.2) is 12.0 Å². The number of hydrogen-bond donors (Lipinski definition) is 1. The minimum Gasteiger partial charge on any atom is -0.633 e. The Morgan fingerprint density at radius 2 is 2.07 bits per heavy atom. The molecule has 9 heteroatoms. The molecule has 1 aromatic carbocycles. The molecule has 3 aromatic rings. The fourth-order valence-corrected chi connectivity index (χ4v) is 2.99. The normalized spacial score (nSPS) is 12.4. The largest absolute Gasteiger partial charge is 0.633 e. The summed E-state index contributed by atoms with van der Waals surface area (Å²) in [7, 11) is 3.05. The number of rotatable bonds is 6. The summed E-state index contributed by atoms with van der Waals surface area (Å²) >= 11 is 6.17. The number of aromatic nitrogens is 3. The van der Waals surface area contributed by atoms with E-state index in [0.29, 0.717) is 16.7 Å². The van der Waals surface area contributed by atoms with Crippen LogP contribution in [0.5, 0.6) is 5.88 Å². The van der Waals surface area contributed by atoms with E-state index < -0.39 is 10.8 Å². The van der Waals surface area contributed by atoms with Crippen molar-refractivity contribution in [3.63, 3.8) is 0 Å². The first-order valence-corrected chi connectivity index (χ1v) is 8.89. The topological polar surface area (TPSA) is 87.4 Å². The lowest BCUT2D eigenvalue weighted by Crippen LogP contribution is -2.40. The number of pyridine rings is 1. The second-order valence-corrected chi connectivity index (χ2v) is 7.24. The number of fused-ring (bicyclic) bond motifs is 1. The van der Waals surface area contributed by atoms with E-state index in [1.165, 1.54) is 20.3 Å². The summed E-state index contributed by atoms with van der Waals surface area (Å²) in [6.07, 6.45) is 2.68. The Kier molecular flexibility index (Phi) is 5.61. The average molecular weight is 399 g/mol. The second-order valence-electron chi connectivity index (χ2n) is 6.84. The van der Waals surface area contributed by atoms with Crippen LogP contribution in [0.1, 0.15) is 6.92 Å². The maximum Gasteiger partial charge on any atom is 0.331 e. The molecule has 2 aromatic heterocycles. The van der Waals surface area contributed by atoms with Crippen LogP contribution in [0.15, 0.2) is 36.7 Å². The molecule has 144 valence electrons. The van der Waals surface area contributed by atoms with Crippen molar-refractivity contribution < 1.29 is 9.38 Å². The maximum absolute atomic E-state index is 11.8. The molecule has 0 aliphatic heterocycles. The molecule has 2 heterocycles. The number of anilines is 2. The van der Waals surface area contributed by atoms with E-state index in [0.717, 1.165) is 10.8 Å². The van der Waals surface area contributed by atoms with E-state index in [1.54, 1.807) is 19.2 Å². The minimum atomic E-state index is -0.510. The quantitative estimate of drug-likeness (QED) is 0.378. The van der Waals surface area contributed by atoms with Gasteiger partial charge < -0.3 is 24.8 Å². The minimum absolute atomic E-state index is 0.0341. The monoisotopic (exact) mass is 398 g/mol. The summed E-state index contributed by atoms with van der Waals surface area (Å²) in [5.74, 6) is 1.03. The first kappa shape index (κ1) is 19.8. The molecule has 0 aliphatic rings. The third-order valence-corrected chi connectivity index (χ3v) is 4.14. The number of hydroxylamine groups is 3. The zero-order valence-corrected chi connectivity index (χ0v) is 16.4. The highest BCUT2D eigenvalue weighted by atomic mass is 35.5. The van der Waals surface area contributed by atoms with E-state index in [1.807, 2.05) is 18.2 Å². The van der Waals surface area contributed by atoms with Crippen LogP contribution in [0.25, 0.3) is 15.6 Å². The fourth-order valence-electron chi connectivity index (χ4n) is 2.76. The number of hydrogen-bond acceptors (Lipinski definition) is 6. The Morgan fingerprint density at radius 3 is 2.79 bits per heavy atom. The predicted octanol–water partition coefficient (Wildman–Crippen LogP) is 4.31. The molecule has 0 bridgehead atoms. The van der Waals surface area contributed by atoms with Crippen LogP contribution in [0, 0.1) is 11.8 Å². The molecule has 3 rings (SSSR count). The summed E-state index contributed by atoms with van der Waals surface area (Å²) in [5, 5.41) is 17.3. The molecule has 0 spiro atoms. The summed E-state index contributed by atoms with van der Waals surface area (Å²) < 4.78 is 5.19. The Labute approximate surface area is 167 Å². The second kappa shape index (κ2) is 7.94. The van der Waals surface area contributed by atoms with Gasteiger partial charge in [0, 0.05) is 16.6 Å². The van der Waals surface area contributed by atoms with E-state index in [9.17, 15) is 5.21 Å². The number of halogens is 1. The summed E-state index contributed by atoms with van der Waals surface area (Å²) in [6, 6.07) is 7.44. The Morgan fingerprint density at radius 1 is 1.29 bits per heavy atom. The van der Waals surface area contributed by atoms with Crippen LogP contribution in [0.4, 0.5) is 17.5 Å². The number of nitrogens with zero attached hydrogens (tertiary/aromatic N) is 5.